The molecule has 1 aromatic carbocycles. The Morgan fingerprint density at radius 1 is 1.27 bits per heavy atom. The summed E-state index contributed by atoms with van der Waals surface area (Å²) < 4.78 is 10.5. The van der Waals surface area contributed by atoms with Crippen LogP contribution in [0.4, 0.5) is 0 Å². The average Bonchev–Trinajstić information content (AvgIpc) is 3.14. The molecule has 6 nitrogen and oxygen atoms in total. The summed E-state index contributed by atoms with van der Waals surface area (Å²) in [4.78, 5) is 14.8. The molecule has 1 amide bonds. The molecule has 3 rings (SSSR count). The van der Waals surface area contributed by atoms with E-state index in [0.29, 0.717) is 30.1 Å². The second kappa shape index (κ2) is 8.36. The largest absolute Gasteiger partial charge is 0.497 e. The van der Waals surface area contributed by atoms with Gasteiger partial charge in [0.2, 0.25) is 0 Å². The molecule has 0 radical (unpaired) electrons. The van der Waals surface area contributed by atoms with Crippen molar-refractivity contribution in [3.05, 3.63) is 36.0 Å². The topological polar surface area (TPSA) is 67.6 Å². The van der Waals surface area contributed by atoms with Crippen molar-refractivity contribution in [3.8, 4) is 17.1 Å². The number of nitrogens with zero attached hydrogens (tertiary/aromatic N) is 2. The summed E-state index contributed by atoms with van der Waals surface area (Å²) in [7, 11) is 1.62. The number of amides is 1. The highest BCUT2D eigenvalue weighted by molar-refractivity contribution is 5.93. The maximum absolute atomic E-state index is 12.3. The van der Waals surface area contributed by atoms with E-state index in [1.54, 1.807) is 13.2 Å². The second-order valence-electron chi connectivity index (χ2n) is 6.93. The molecule has 2 atom stereocenters. The highest BCUT2D eigenvalue weighted by Crippen LogP contribution is 2.23. The quantitative estimate of drug-likeness (QED) is 0.859. The summed E-state index contributed by atoms with van der Waals surface area (Å²) >= 11 is 0. The first-order valence-corrected chi connectivity index (χ1v) is 9.23. The molecule has 2 heterocycles. The van der Waals surface area contributed by atoms with Crippen molar-refractivity contribution in [1.82, 2.24) is 15.4 Å². The zero-order valence-corrected chi connectivity index (χ0v) is 15.7. The predicted molar refractivity (Wildman–Crippen MR) is 100 cm³/mol. The SMILES string of the molecule is COc1ccc(-c2cc(C(=O)NCCN3C(C)CCCC3C)no2)cc1. The molecule has 1 aromatic heterocycles. The van der Waals surface area contributed by atoms with Crippen molar-refractivity contribution in [2.24, 2.45) is 0 Å². The Balaban J connectivity index is 1.54. The Labute approximate surface area is 154 Å². The summed E-state index contributed by atoms with van der Waals surface area (Å²) in [6.45, 7) is 5.99. The van der Waals surface area contributed by atoms with Gasteiger partial charge in [0.1, 0.15) is 5.75 Å². The van der Waals surface area contributed by atoms with Crippen LogP contribution in [0.1, 0.15) is 43.6 Å². The second-order valence-corrected chi connectivity index (χ2v) is 6.93. The highest BCUT2D eigenvalue weighted by Gasteiger charge is 2.24. The molecule has 0 spiro atoms. The molecule has 1 saturated heterocycles. The smallest absolute Gasteiger partial charge is 0.273 e. The minimum atomic E-state index is -0.203. The lowest BCUT2D eigenvalue weighted by atomic mass is 9.98. The first-order valence-electron chi connectivity index (χ1n) is 9.23. The van der Waals surface area contributed by atoms with Gasteiger partial charge in [-0.15, -0.1) is 0 Å². The Kier molecular flexibility index (Phi) is 5.93. The number of piperidine rings is 1. The molecular formula is C20H27N3O3. The summed E-state index contributed by atoms with van der Waals surface area (Å²) in [6.07, 6.45) is 3.75. The van der Waals surface area contributed by atoms with Crippen LogP contribution in [0.2, 0.25) is 0 Å². The van der Waals surface area contributed by atoms with Crippen molar-refractivity contribution < 1.29 is 14.1 Å². The Morgan fingerprint density at radius 3 is 2.62 bits per heavy atom. The standard InChI is InChI=1S/C20H27N3O3/c1-14-5-4-6-15(2)23(14)12-11-21-20(24)18-13-19(26-22-18)16-7-9-17(25-3)10-8-16/h7-10,13-15H,4-6,11-12H2,1-3H3,(H,21,24). The van der Waals surface area contributed by atoms with Gasteiger partial charge in [0, 0.05) is 36.8 Å². The molecule has 2 unspecified atom stereocenters. The lowest BCUT2D eigenvalue weighted by molar-refractivity contribution is 0.0882. The number of ether oxygens (including phenoxy) is 1. The fourth-order valence-electron chi connectivity index (χ4n) is 3.58. The number of methoxy groups -OCH3 is 1. The third-order valence-electron chi connectivity index (χ3n) is 5.15. The number of aromatic nitrogens is 1. The molecule has 0 aliphatic carbocycles. The van der Waals surface area contributed by atoms with E-state index in [2.05, 4.69) is 29.2 Å². The number of carbonyl (C=O) groups excluding carboxylic acids is 1. The van der Waals surface area contributed by atoms with Gasteiger partial charge >= 0.3 is 0 Å². The third kappa shape index (κ3) is 4.25. The van der Waals surface area contributed by atoms with Gasteiger partial charge in [-0.1, -0.05) is 11.6 Å². The normalized spacial score (nSPS) is 20.7. The first-order chi connectivity index (χ1) is 12.6. The molecule has 26 heavy (non-hydrogen) atoms. The fourth-order valence-corrected chi connectivity index (χ4v) is 3.58. The van der Waals surface area contributed by atoms with E-state index in [-0.39, 0.29) is 5.91 Å². The first kappa shape index (κ1) is 18.5. The molecule has 1 N–H and O–H groups in total. The summed E-state index contributed by atoms with van der Waals surface area (Å²) in [5.74, 6) is 1.13. The van der Waals surface area contributed by atoms with E-state index in [1.165, 1.54) is 19.3 Å². The van der Waals surface area contributed by atoms with Crippen LogP contribution in [0.3, 0.4) is 0 Å². The average molecular weight is 357 g/mol. The van der Waals surface area contributed by atoms with Crippen LogP contribution >= 0.6 is 0 Å². The van der Waals surface area contributed by atoms with E-state index in [1.807, 2.05) is 24.3 Å². The summed E-state index contributed by atoms with van der Waals surface area (Å²) in [6, 6.07) is 10.3. The van der Waals surface area contributed by atoms with Crippen LogP contribution in [0.25, 0.3) is 11.3 Å². The Bertz CT molecular complexity index is 716. The lowest BCUT2D eigenvalue weighted by Crippen LogP contribution is -2.47. The Hall–Kier alpha value is -2.34. The molecule has 0 saturated carbocycles. The molecule has 1 aliphatic rings. The predicted octanol–water partition coefficient (Wildman–Crippen LogP) is 3.34. The van der Waals surface area contributed by atoms with Gasteiger partial charge in [-0.25, -0.2) is 0 Å². The van der Waals surface area contributed by atoms with Crippen molar-refractivity contribution in [3.63, 3.8) is 0 Å². The monoisotopic (exact) mass is 357 g/mol. The van der Waals surface area contributed by atoms with Gasteiger partial charge in [-0.05, 0) is 51.0 Å². The fraction of sp³-hybridized carbons (Fsp3) is 0.500. The van der Waals surface area contributed by atoms with Crippen LogP contribution in [-0.4, -0.2) is 48.2 Å². The van der Waals surface area contributed by atoms with Crippen LogP contribution in [0.5, 0.6) is 5.75 Å². The zero-order chi connectivity index (χ0) is 18.5. The van der Waals surface area contributed by atoms with Gasteiger partial charge in [0.15, 0.2) is 11.5 Å². The molecule has 6 heteroatoms. The lowest BCUT2D eigenvalue weighted by Gasteiger charge is -2.38. The van der Waals surface area contributed by atoms with Gasteiger partial charge in [0.05, 0.1) is 7.11 Å². The maximum atomic E-state index is 12.3. The van der Waals surface area contributed by atoms with Crippen molar-refractivity contribution in [1.29, 1.82) is 0 Å². The van der Waals surface area contributed by atoms with Crippen molar-refractivity contribution in [2.45, 2.75) is 45.2 Å². The van der Waals surface area contributed by atoms with E-state index in [0.717, 1.165) is 17.9 Å². The van der Waals surface area contributed by atoms with E-state index < -0.39 is 0 Å². The number of hydrogen-bond acceptors (Lipinski definition) is 5. The van der Waals surface area contributed by atoms with Gasteiger partial charge < -0.3 is 14.6 Å². The Morgan fingerprint density at radius 2 is 1.96 bits per heavy atom. The van der Waals surface area contributed by atoms with Crippen molar-refractivity contribution in [2.75, 3.05) is 20.2 Å². The zero-order valence-electron chi connectivity index (χ0n) is 15.7. The number of hydrogen-bond donors (Lipinski definition) is 1. The highest BCUT2D eigenvalue weighted by atomic mass is 16.5. The molecule has 0 bridgehead atoms. The van der Waals surface area contributed by atoms with Crippen LogP contribution < -0.4 is 10.1 Å². The molecular weight excluding hydrogens is 330 g/mol. The number of benzene rings is 1. The number of likely N-dealkylation sites (tertiary alicyclic amines) is 1. The minimum absolute atomic E-state index is 0.203. The van der Waals surface area contributed by atoms with E-state index in [9.17, 15) is 4.79 Å². The molecule has 1 aliphatic heterocycles. The van der Waals surface area contributed by atoms with Crippen LogP contribution in [0.15, 0.2) is 34.9 Å². The third-order valence-corrected chi connectivity index (χ3v) is 5.15. The number of nitrogens with one attached hydrogen (secondary N) is 1. The van der Waals surface area contributed by atoms with E-state index in [4.69, 9.17) is 9.26 Å². The number of carbonyl (C=O) groups is 1. The molecule has 1 fully saturated rings. The number of rotatable bonds is 6. The molecule has 140 valence electrons. The summed E-state index contributed by atoms with van der Waals surface area (Å²) in [5, 5.41) is 6.85. The maximum Gasteiger partial charge on any atom is 0.273 e. The molecule has 2 aromatic rings. The van der Waals surface area contributed by atoms with Crippen molar-refractivity contribution >= 4 is 5.91 Å². The summed E-state index contributed by atoms with van der Waals surface area (Å²) in [5.41, 5.74) is 1.16. The van der Waals surface area contributed by atoms with Crippen LogP contribution in [-0.2, 0) is 0 Å². The van der Waals surface area contributed by atoms with Gasteiger partial charge in [0.25, 0.3) is 5.91 Å². The van der Waals surface area contributed by atoms with Gasteiger partial charge in [-0.3, -0.25) is 9.69 Å². The van der Waals surface area contributed by atoms with E-state index >= 15 is 0 Å². The van der Waals surface area contributed by atoms with Gasteiger partial charge in [-0.2, -0.15) is 0 Å². The van der Waals surface area contributed by atoms with Crippen LogP contribution in [0, 0.1) is 0 Å². The minimum Gasteiger partial charge on any atom is -0.497 e.